The Morgan fingerprint density at radius 1 is 0.632 bits per heavy atom. The van der Waals surface area contributed by atoms with Crippen LogP contribution in [0.1, 0.15) is 98.2 Å². The number of rotatable bonds is 9. The average Bonchev–Trinajstić information content (AvgIpc) is 4.18. The van der Waals surface area contributed by atoms with Crippen molar-refractivity contribution in [3.63, 3.8) is 0 Å². The molecule has 10 aromatic rings. The average molecular weight is 1080 g/mol. The maximum atomic E-state index is 9.61. The molecule has 0 radical (unpaired) electrons. The third kappa shape index (κ3) is 9.47. The number of benzene rings is 7. The number of hydrogen-bond acceptors (Lipinski definition) is 2. The number of ether oxygens (including phenoxy) is 1. The van der Waals surface area contributed by atoms with Crippen molar-refractivity contribution in [3.8, 4) is 50.9 Å². The van der Waals surface area contributed by atoms with Crippen LogP contribution < -0.4 is 9.30 Å². The van der Waals surface area contributed by atoms with E-state index in [-0.39, 0.29) is 77.2 Å². The van der Waals surface area contributed by atoms with E-state index in [2.05, 4.69) is 39.2 Å². The first-order chi connectivity index (χ1) is 37.8. The quantitative estimate of drug-likeness (QED) is 0.107. The Morgan fingerprint density at radius 2 is 1.29 bits per heavy atom. The third-order valence-electron chi connectivity index (χ3n) is 11.2. The van der Waals surface area contributed by atoms with Gasteiger partial charge in [-0.05, 0) is 91.6 Å². The first-order valence-corrected chi connectivity index (χ1v) is 22.2. The van der Waals surface area contributed by atoms with Crippen LogP contribution in [0.25, 0.3) is 72.3 Å². The van der Waals surface area contributed by atoms with Crippen molar-refractivity contribution >= 4 is 32.8 Å². The Morgan fingerprint density at radius 3 is 1.96 bits per heavy atom. The zero-order chi connectivity index (χ0) is 59.0. The second-order valence-electron chi connectivity index (χ2n) is 19.7. The smallest absolute Gasteiger partial charge is 0.268 e. The monoisotopic (exact) mass is 1080 g/mol. The van der Waals surface area contributed by atoms with Crippen molar-refractivity contribution in [3.05, 3.63) is 199 Å². The molecule has 68 heavy (non-hydrogen) atoms. The molecular weight excluding hydrogens is 1010 g/mol. The summed E-state index contributed by atoms with van der Waals surface area (Å²) in [6, 6.07) is 29.2. The van der Waals surface area contributed by atoms with Gasteiger partial charge in [-0.15, -0.1) is 29.7 Å². The molecule has 0 aliphatic carbocycles. The Bertz CT molecular complexity index is 4100. The number of hydrogen-bond donors (Lipinski definition) is 0. The van der Waals surface area contributed by atoms with E-state index >= 15 is 0 Å². The summed E-state index contributed by atoms with van der Waals surface area (Å²) in [6.45, 7) is 17.3. The zero-order valence-electron chi connectivity index (χ0n) is 53.3. The fraction of sp³-hybridized carbons (Fsp3) is 0.226. The summed E-state index contributed by atoms with van der Waals surface area (Å²) in [5, 5.41) is 1.54. The Kier molecular flexibility index (Phi) is 8.61. The molecule has 0 bridgehead atoms. The van der Waals surface area contributed by atoms with Crippen molar-refractivity contribution in [1.82, 2.24) is 14.1 Å². The van der Waals surface area contributed by atoms with E-state index in [1.807, 2.05) is 61.7 Å². The first-order valence-electron chi connectivity index (χ1n) is 29.2. The molecule has 0 aliphatic rings. The van der Waals surface area contributed by atoms with Crippen molar-refractivity contribution in [2.24, 2.45) is 10.8 Å². The molecule has 0 aliphatic heterocycles. The largest absolute Gasteiger partial charge is 0.510 e. The Balaban J connectivity index is 0.00000810. The van der Waals surface area contributed by atoms with Crippen LogP contribution in [0.15, 0.2) is 164 Å². The summed E-state index contributed by atoms with van der Waals surface area (Å²) >= 11 is 0. The molecule has 0 N–H and O–H groups in total. The van der Waals surface area contributed by atoms with E-state index in [0.717, 1.165) is 21.9 Å². The van der Waals surface area contributed by atoms with Gasteiger partial charge >= 0.3 is 0 Å². The van der Waals surface area contributed by atoms with Crippen molar-refractivity contribution in [1.29, 1.82) is 0 Å². The van der Waals surface area contributed by atoms with Gasteiger partial charge in [0.05, 0.1) is 30.4 Å². The summed E-state index contributed by atoms with van der Waals surface area (Å²) in [6.07, 6.45) is 1.46. The van der Waals surface area contributed by atoms with Crippen LogP contribution in [-0.4, -0.2) is 14.1 Å². The van der Waals surface area contributed by atoms with Crippen LogP contribution >= 0.6 is 0 Å². The molecule has 0 unspecified atom stereocenters. The van der Waals surface area contributed by atoms with Gasteiger partial charge in [0.1, 0.15) is 5.82 Å². The van der Waals surface area contributed by atoms with Crippen LogP contribution in [0.3, 0.4) is 0 Å². The number of para-hydroxylation sites is 3. The predicted molar refractivity (Wildman–Crippen MR) is 276 cm³/mol. The van der Waals surface area contributed by atoms with E-state index in [9.17, 15) is 5.48 Å². The second kappa shape index (κ2) is 18.2. The van der Waals surface area contributed by atoms with E-state index in [4.69, 9.17) is 23.4 Å². The maximum absolute atomic E-state index is 9.61. The van der Waals surface area contributed by atoms with Crippen LogP contribution in [0.2, 0.25) is 0 Å². The van der Waals surface area contributed by atoms with Crippen LogP contribution in [0.5, 0.6) is 11.5 Å². The summed E-state index contributed by atoms with van der Waals surface area (Å²) in [4.78, 5) is 4.85. The molecule has 0 amide bonds. The standard InChI is InChI=1S/C62H58N4O.Pt/c1-60(2,3)39-42-27-30-54-53(35-42)52-29-28-48(38-57(52)66(54)58-36-46(31-32-63-58)62(7,8)9)67-49-34-43(40-61(4,5)6)33-47(37-49)64-41-65(56-26-17-16-25-55(56)64)59-50(44-19-12-10-13-20-44)23-18-24-51(59)45-21-14-11-15-22-45;/h10-36H,39-40H2,1-9H3;/q-2;/i10D,11D,12D,13D,14D,15D,19D,20D,21D,22D,39D2,40D2;. The molecule has 0 saturated carbocycles. The fourth-order valence-electron chi connectivity index (χ4n) is 8.43. The summed E-state index contributed by atoms with van der Waals surface area (Å²) < 4.78 is 137. The molecule has 0 saturated heterocycles. The summed E-state index contributed by atoms with van der Waals surface area (Å²) in [5.41, 5.74) is 2.16. The minimum absolute atomic E-state index is 0. The Hall–Kier alpha value is -6.55. The van der Waals surface area contributed by atoms with Gasteiger partial charge in [-0.1, -0.05) is 183 Å². The van der Waals surface area contributed by atoms with Crippen LogP contribution in [-0.2, 0) is 39.2 Å². The normalized spacial score (nSPS) is 15.5. The van der Waals surface area contributed by atoms with Crippen LogP contribution in [0.4, 0.5) is 0 Å². The molecule has 10 rings (SSSR count). The molecule has 3 aromatic heterocycles. The fourth-order valence-corrected chi connectivity index (χ4v) is 8.43. The number of pyridine rings is 1. The maximum Gasteiger partial charge on any atom is 0.268 e. The molecular formula is C62H58N4OPt-2. The number of aromatic nitrogens is 4. The second-order valence-corrected chi connectivity index (χ2v) is 19.7. The van der Waals surface area contributed by atoms with Crippen molar-refractivity contribution < 1.29 is 49.6 Å². The van der Waals surface area contributed by atoms with Gasteiger partial charge < -0.3 is 13.9 Å². The molecule has 344 valence electrons. The van der Waals surface area contributed by atoms with Gasteiger partial charge in [-0.2, -0.15) is 17.7 Å². The number of fused-ring (bicyclic) bond motifs is 4. The van der Waals surface area contributed by atoms with Gasteiger partial charge in [0.25, 0.3) is 6.33 Å². The molecule has 6 heteroatoms. The van der Waals surface area contributed by atoms with Gasteiger partial charge in [0.2, 0.25) is 0 Å². The summed E-state index contributed by atoms with van der Waals surface area (Å²) in [5.74, 6) is 0.953. The van der Waals surface area contributed by atoms with Crippen molar-refractivity contribution in [2.75, 3.05) is 0 Å². The Labute approximate surface area is 436 Å². The molecule has 0 atom stereocenters. The molecule has 7 aromatic carbocycles. The minimum atomic E-state index is -2.00. The van der Waals surface area contributed by atoms with Crippen LogP contribution in [0, 0.1) is 29.3 Å². The van der Waals surface area contributed by atoms with Gasteiger partial charge in [0.15, 0.2) is 0 Å². The predicted octanol–water partition coefficient (Wildman–Crippen LogP) is 15.4. The van der Waals surface area contributed by atoms with Crippen molar-refractivity contribution in [2.45, 2.75) is 80.5 Å². The van der Waals surface area contributed by atoms with Gasteiger partial charge in [0, 0.05) is 49.8 Å². The SMILES string of the molecule is [2H]c1c([2H])c([2H])c(-c2cccc(-c3c([2H])c([2H])c([2H])c([2H])c3[2H])c2-[n+]2[c-]n(-c3[c-]c(Oc4[c-]c5c(cc4)c4cc(C([2H])([2H])C(C)(C)C)ccc4n5-c4cc(C(C)(C)C)ccn4)cc(C([2H])([2H])C(C)(C)C)c3)c3ccccc32)c([2H])c1[2H].[Pt]. The molecule has 5 nitrogen and oxygen atoms in total. The molecule has 3 heterocycles. The van der Waals surface area contributed by atoms with E-state index < -0.39 is 84.0 Å². The number of imidazole rings is 1. The van der Waals surface area contributed by atoms with E-state index in [1.165, 1.54) is 6.07 Å². The van der Waals surface area contributed by atoms with Gasteiger partial charge in [-0.25, -0.2) is 4.98 Å². The molecule has 0 spiro atoms. The van der Waals surface area contributed by atoms with E-state index in [1.54, 1.807) is 90.7 Å². The first kappa shape index (κ1) is 32.2. The minimum Gasteiger partial charge on any atom is -0.510 e. The molecule has 0 fully saturated rings. The zero-order valence-corrected chi connectivity index (χ0v) is 41.6. The number of nitrogens with zero attached hydrogens (tertiary/aromatic N) is 4. The summed E-state index contributed by atoms with van der Waals surface area (Å²) in [7, 11) is 0. The van der Waals surface area contributed by atoms with Gasteiger partial charge in [-0.3, -0.25) is 4.57 Å². The van der Waals surface area contributed by atoms with E-state index in [0.29, 0.717) is 27.9 Å². The third-order valence-corrected chi connectivity index (χ3v) is 11.2. The topological polar surface area (TPSA) is 35.9 Å².